The summed E-state index contributed by atoms with van der Waals surface area (Å²) in [5.41, 5.74) is 8.65. The molecule has 5 nitrogen and oxygen atoms in total. The molecule has 2 aromatic rings. The van der Waals surface area contributed by atoms with Crippen LogP contribution in [0.3, 0.4) is 0 Å². The molecule has 0 bridgehead atoms. The highest BCUT2D eigenvalue weighted by Gasteiger charge is 2.14. The Hall–Kier alpha value is -1.95. The third-order valence-electron chi connectivity index (χ3n) is 2.92. The number of hydrogen-bond acceptors (Lipinski definition) is 4. The fourth-order valence-corrected chi connectivity index (χ4v) is 2.28. The van der Waals surface area contributed by atoms with Crippen molar-refractivity contribution in [3.63, 3.8) is 0 Å². The Morgan fingerprint density at radius 1 is 1.42 bits per heavy atom. The Morgan fingerprint density at radius 3 is 2.74 bits per heavy atom. The van der Waals surface area contributed by atoms with E-state index in [0.717, 1.165) is 30.0 Å². The standard InChI is InChI=1S/C13H17N5S/c1-9-11(12(14)19)13(18(2)17-9)16-8-5-10-3-6-15-7-4-10/h3-4,6-7,16H,5,8H2,1-2H3,(H2,14,19). The van der Waals surface area contributed by atoms with Crippen molar-refractivity contribution >= 4 is 23.0 Å². The van der Waals surface area contributed by atoms with Gasteiger partial charge in [0.2, 0.25) is 0 Å². The summed E-state index contributed by atoms with van der Waals surface area (Å²) in [6.07, 6.45) is 4.50. The van der Waals surface area contributed by atoms with Gasteiger partial charge in [-0.2, -0.15) is 5.10 Å². The molecule has 2 rings (SSSR count). The highest BCUT2D eigenvalue weighted by molar-refractivity contribution is 7.80. The second-order valence-corrected chi connectivity index (χ2v) is 4.77. The van der Waals surface area contributed by atoms with E-state index in [2.05, 4.69) is 15.4 Å². The Kier molecular flexibility index (Phi) is 4.11. The van der Waals surface area contributed by atoms with E-state index in [-0.39, 0.29) is 0 Å². The summed E-state index contributed by atoms with van der Waals surface area (Å²) < 4.78 is 1.77. The summed E-state index contributed by atoms with van der Waals surface area (Å²) in [4.78, 5) is 4.37. The fraction of sp³-hybridized carbons (Fsp3) is 0.308. The Bertz CT molecular complexity index is 576. The molecule has 0 saturated carbocycles. The molecule has 0 atom stereocenters. The lowest BCUT2D eigenvalue weighted by Crippen LogP contribution is -2.15. The quantitative estimate of drug-likeness (QED) is 0.808. The molecule has 2 heterocycles. The number of aromatic nitrogens is 3. The molecule has 19 heavy (non-hydrogen) atoms. The summed E-state index contributed by atoms with van der Waals surface area (Å²) in [5.74, 6) is 0.874. The number of thiocarbonyl (C=S) groups is 1. The van der Waals surface area contributed by atoms with Crippen molar-refractivity contribution in [2.45, 2.75) is 13.3 Å². The van der Waals surface area contributed by atoms with Crippen molar-refractivity contribution in [3.05, 3.63) is 41.3 Å². The lowest BCUT2D eigenvalue weighted by atomic mass is 10.2. The molecular weight excluding hydrogens is 258 g/mol. The number of pyridine rings is 1. The van der Waals surface area contributed by atoms with Gasteiger partial charge in [-0.1, -0.05) is 12.2 Å². The zero-order valence-corrected chi connectivity index (χ0v) is 11.9. The average molecular weight is 275 g/mol. The van der Waals surface area contributed by atoms with E-state index in [1.54, 1.807) is 17.1 Å². The van der Waals surface area contributed by atoms with Crippen LogP contribution in [0.4, 0.5) is 5.82 Å². The number of anilines is 1. The largest absolute Gasteiger partial charge is 0.389 e. The van der Waals surface area contributed by atoms with Gasteiger partial charge in [0.15, 0.2) is 0 Å². The van der Waals surface area contributed by atoms with Gasteiger partial charge in [-0.3, -0.25) is 9.67 Å². The SMILES string of the molecule is Cc1nn(C)c(NCCc2ccncc2)c1C(N)=S. The van der Waals surface area contributed by atoms with E-state index in [4.69, 9.17) is 18.0 Å². The molecule has 0 aliphatic carbocycles. The zero-order valence-electron chi connectivity index (χ0n) is 11.1. The van der Waals surface area contributed by atoms with Crippen LogP contribution in [-0.2, 0) is 13.5 Å². The maximum atomic E-state index is 5.74. The van der Waals surface area contributed by atoms with Crippen molar-refractivity contribution < 1.29 is 0 Å². The van der Waals surface area contributed by atoms with Crippen molar-refractivity contribution in [3.8, 4) is 0 Å². The lowest BCUT2D eigenvalue weighted by molar-refractivity contribution is 0.757. The van der Waals surface area contributed by atoms with Gasteiger partial charge in [0.25, 0.3) is 0 Å². The number of aryl methyl sites for hydroxylation is 2. The molecule has 3 N–H and O–H groups in total. The summed E-state index contributed by atoms with van der Waals surface area (Å²) in [7, 11) is 1.88. The molecule has 0 spiro atoms. The van der Waals surface area contributed by atoms with Crippen molar-refractivity contribution in [1.82, 2.24) is 14.8 Å². The van der Waals surface area contributed by atoms with Crippen molar-refractivity contribution in [1.29, 1.82) is 0 Å². The minimum Gasteiger partial charge on any atom is -0.389 e. The highest BCUT2D eigenvalue weighted by atomic mass is 32.1. The number of hydrogen-bond donors (Lipinski definition) is 2. The number of nitrogens with one attached hydrogen (secondary N) is 1. The van der Waals surface area contributed by atoms with E-state index < -0.39 is 0 Å². The maximum absolute atomic E-state index is 5.74. The fourth-order valence-electron chi connectivity index (χ4n) is 2.03. The van der Waals surface area contributed by atoms with Crippen LogP contribution in [0.15, 0.2) is 24.5 Å². The molecule has 0 aliphatic rings. The number of rotatable bonds is 5. The smallest absolute Gasteiger partial charge is 0.134 e. The summed E-state index contributed by atoms with van der Waals surface area (Å²) in [6.45, 7) is 2.70. The molecule has 0 aromatic carbocycles. The van der Waals surface area contributed by atoms with Crippen LogP contribution in [0.25, 0.3) is 0 Å². The Balaban J connectivity index is 2.06. The van der Waals surface area contributed by atoms with Crippen LogP contribution < -0.4 is 11.1 Å². The van der Waals surface area contributed by atoms with E-state index in [1.807, 2.05) is 26.1 Å². The van der Waals surface area contributed by atoms with Crippen LogP contribution in [0.1, 0.15) is 16.8 Å². The molecule has 0 saturated heterocycles. The average Bonchev–Trinajstić information content (AvgIpc) is 2.65. The first-order valence-corrected chi connectivity index (χ1v) is 6.46. The van der Waals surface area contributed by atoms with Gasteiger partial charge in [0.1, 0.15) is 10.8 Å². The third kappa shape index (κ3) is 3.08. The van der Waals surface area contributed by atoms with Gasteiger partial charge in [0.05, 0.1) is 11.3 Å². The van der Waals surface area contributed by atoms with Crippen molar-refractivity contribution in [2.24, 2.45) is 12.8 Å². The Labute approximate surface area is 117 Å². The number of nitrogens with two attached hydrogens (primary N) is 1. The molecule has 0 amide bonds. The molecular formula is C13H17N5S. The van der Waals surface area contributed by atoms with Gasteiger partial charge in [-0.05, 0) is 31.0 Å². The van der Waals surface area contributed by atoms with E-state index in [1.165, 1.54) is 5.56 Å². The van der Waals surface area contributed by atoms with Crippen molar-refractivity contribution in [2.75, 3.05) is 11.9 Å². The first-order valence-electron chi connectivity index (χ1n) is 6.05. The van der Waals surface area contributed by atoms with E-state index in [9.17, 15) is 0 Å². The maximum Gasteiger partial charge on any atom is 0.134 e. The van der Waals surface area contributed by atoms with Crippen LogP contribution in [0, 0.1) is 6.92 Å². The van der Waals surface area contributed by atoms with E-state index in [0.29, 0.717) is 4.99 Å². The predicted octanol–water partition coefficient (Wildman–Crippen LogP) is 1.41. The third-order valence-corrected chi connectivity index (χ3v) is 3.13. The monoisotopic (exact) mass is 275 g/mol. The molecule has 0 fully saturated rings. The minimum atomic E-state index is 0.372. The molecule has 100 valence electrons. The van der Waals surface area contributed by atoms with Gasteiger partial charge in [0, 0.05) is 26.0 Å². The van der Waals surface area contributed by atoms with Crippen LogP contribution in [0.5, 0.6) is 0 Å². The van der Waals surface area contributed by atoms with Gasteiger partial charge in [-0.15, -0.1) is 0 Å². The highest BCUT2D eigenvalue weighted by Crippen LogP contribution is 2.18. The van der Waals surface area contributed by atoms with Gasteiger partial charge < -0.3 is 11.1 Å². The molecule has 2 aromatic heterocycles. The first kappa shape index (κ1) is 13.5. The molecule has 0 radical (unpaired) electrons. The second-order valence-electron chi connectivity index (χ2n) is 4.33. The Morgan fingerprint density at radius 2 is 2.11 bits per heavy atom. The number of nitrogens with zero attached hydrogens (tertiary/aromatic N) is 3. The summed E-state index contributed by atoms with van der Waals surface area (Å²) in [6, 6.07) is 4.01. The zero-order chi connectivity index (χ0) is 13.8. The van der Waals surface area contributed by atoms with E-state index >= 15 is 0 Å². The van der Waals surface area contributed by atoms with Gasteiger partial charge in [-0.25, -0.2) is 0 Å². The molecule has 0 aliphatic heterocycles. The lowest BCUT2D eigenvalue weighted by Gasteiger charge is -2.09. The topological polar surface area (TPSA) is 68.8 Å². The normalized spacial score (nSPS) is 10.4. The summed E-state index contributed by atoms with van der Waals surface area (Å²) >= 11 is 5.07. The van der Waals surface area contributed by atoms with Crippen LogP contribution in [-0.4, -0.2) is 26.3 Å². The first-order chi connectivity index (χ1) is 9.09. The molecule has 6 heteroatoms. The van der Waals surface area contributed by atoms with Crippen LogP contribution in [0.2, 0.25) is 0 Å². The minimum absolute atomic E-state index is 0.372. The summed E-state index contributed by atoms with van der Waals surface area (Å²) in [5, 5.41) is 7.68. The van der Waals surface area contributed by atoms with Gasteiger partial charge >= 0.3 is 0 Å². The predicted molar refractivity (Wildman–Crippen MR) is 80.3 cm³/mol. The molecule has 0 unspecified atom stereocenters. The second kappa shape index (κ2) is 5.79. The van der Waals surface area contributed by atoms with Crippen LogP contribution >= 0.6 is 12.2 Å².